The monoisotopic (exact) mass is 360 g/mol. The number of amides is 1. The molecule has 1 aliphatic rings. The molecule has 0 saturated heterocycles. The number of rotatable bonds is 5. The second-order valence-electron chi connectivity index (χ2n) is 6.36. The molecular formula is C18H21ClN4O2. The number of aromatic nitrogens is 3. The highest BCUT2D eigenvalue weighted by Gasteiger charge is 2.16. The average molecular weight is 361 g/mol. The maximum atomic E-state index is 12.2. The van der Waals surface area contributed by atoms with Crippen LogP contribution in [0.5, 0.6) is 0 Å². The Morgan fingerprint density at radius 3 is 2.76 bits per heavy atom. The summed E-state index contributed by atoms with van der Waals surface area (Å²) in [5.41, 5.74) is 0.638. The number of benzene rings is 1. The van der Waals surface area contributed by atoms with Gasteiger partial charge < -0.3 is 10.3 Å². The fraction of sp³-hybridized carbons (Fsp3) is 0.444. The molecule has 1 fully saturated rings. The fourth-order valence-electron chi connectivity index (χ4n) is 3.07. The number of aryl methyl sites for hydroxylation is 1. The Morgan fingerprint density at radius 2 is 2.04 bits per heavy atom. The van der Waals surface area contributed by atoms with Crippen molar-refractivity contribution in [3.05, 3.63) is 45.3 Å². The van der Waals surface area contributed by atoms with Gasteiger partial charge in [-0.3, -0.25) is 9.59 Å². The van der Waals surface area contributed by atoms with E-state index in [-0.39, 0.29) is 36.0 Å². The van der Waals surface area contributed by atoms with Gasteiger partial charge in [0.2, 0.25) is 5.91 Å². The molecule has 0 atom stereocenters. The molecule has 132 valence electrons. The van der Waals surface area contributed by atoms with Crippen LogP contribution in [0.25, 0.3) is 11.4 Å². The van der Waals surface area contributed by atoms with Crippen molar-refractivity contribution >= 4 is 17.5 Å². The number of H-pyrrole nitrogens is 1. The summed E-state index contributed by atoms with van der Waals surface area (Å²) in [7, 11) is 0. The minimum atomic E-state index is -0.324. The highest BCUT2D eigenvalue weighted by Crippen LogP contribution is 2.18. The molecule has 6 nitrogen and oxygen atoms in total. The zero-order chi connectivity index (χ0) is 17.6. The van der Waals surface area contributed by atoms with Crippen molar-refractivity contribution in [2.24, 2.45) is 0 Å². The van der Waals surface area contributed by atoms with Gasteiger partial charge in [-0.15, -0.1) is 10.2 Å². The first-order valence-electron chi connectivity index (χ1n) is 8.63. The van der Waals surface area contributed by atoms with Gasteiger partial charge in [-0.25, -0.2) is 0 Å². The van der Waals surface area contributed by atoms with Crippen LogP contribution in [0.1, 0.15) is 44.2 Å². The van der Waals surface area contributed by atoms with E-state index in [0.29, 0.717) is 16.4 Å². The van der Waals surface area contributed by atoms with Crippen LogP contribution < -0.4 is 10.9 Å². The third-order valence-electron chi connectivity index (χ3n) is 4.42. The molecule has 2 aromatic rings. The molecule has 0 bridgehead atoms. The number of nitrogens with one attached hydrogen (secondary N) is 2. The minimum absolute atomic E-state index is 0.0352. The first-order chi connectivity index (χ1) is 12.1. The predicted molar refractivity (Wildman–Crippen MR) is 96.4 cm³/mol. The summed E-state index contributed by atoms with van der Waals surface area (Å²) >= 11 is 5.95. The molecule has 0 radical (unpaired) electrons. The molecule has 1 heterocycles. The summed E-state index contributed by atoms with van der Waals surface area (Å²) in [5, 5.41) is 11.6. The Morgan fingerprint density at radius 1 is 1.24 bits per heavy atom. The normalized spacial score (nSPS) is 15.1. The van der Waals surface area contributed by atoms with Gasteiger partial charge in [0.05, 0.1) is 0 Å². The van der Waals surface area contributed by atoms with Gasteiger partial charge in [-0.05, 0) is 25.0 Å². The maximum Gasteiger partial charge on any atom is 0.273 e. The van der Waals surface area contributed by atoms with E-state index >= 15 is 0 Å². The molecule has 0 spiro atoms. The number of aromatic amines is 1. The van der Waals surface area contributed by atoms with E-state index in [0.717, 1.165) is 12.8 Å². The van der Waals surface area contributed by atoms with Crippen molar-refractivity contribution < 1.29 is 4.79 Å². The van der Waals surface area contributed by atoms with Gasteiger partial charge in [0.25, 0.3) is 5.56 Å². The number of hydrogen-bond acceptors (Lipinski definition) is 4. The molecule has 0 aliphatic heterocycles. The van der Waals surface area contributed by atoms with Crippen LogP contribution in [0.2, 0.25) is 5.02 Å². The van der Waals surface area contributed by atoms with E-state index < -0.39 is 0 Å². The van der Waals surface area contributed by atoms with Crippen LogP contribution in [-0.2, 0) is 11.2 Å². The number of halogens is 1. The number of carbonyl (C=O) groups excluding carboxylic acids is 1. The van der Waals surface area contributed by atoms with E-state index in [1.165, 1.54) is 19.3 Å². The van der Waals surface area contributed by atoms with Crippen molar-refractivity contribution in [3.63, 3.8) is 0 Å². The number of carbonyl (C=O) groups is 1. The van der Waals surface area contributed by atoms with Crippen LogP contribution >= 0.6 is 11.6 Å². The lowest BCUT2D eigenvalue weighted by Gasteiger charge is -2.22. The second-order valence-corrected chi connectivity index (χ2v) is 6.80. The highest BCUT2D eigenvalue weighted by molar-refractivity contribution is 6.30. The molecule has 1 saturated carbocycles. The van der Waals surface area contributed by atoms with E-state index in [2.05, 4.69) is 20.5 Å². The highest BCUT2D eigenvalue weighted by atomic mass is 35.5. The lowest BCUT2D eigenvalue weighted by molar-refractivity contribution is -0.122. The Kier molecular flexibility index (Phi) is 5.81. The van der Waals surface area contributed by atoms with Crippen molar-refractivity contribution in [1.82, 2.24) is 20.5 Å². The maximum absolute atomic E-state index is 12.2. The lowest BCUT2D eigenvalue weighted by atomic mass is 9.95. The molecule has 1 amide bonds. The Hall–Kier alpha value is -2.21. The summed E-state index contributed by atoms with van der Waals surface area (Å²) in [5.74, 6) is 0.329. The number of nitrogens with zero attached hydrogens (tertiary/aromatic N) is 2. The predicted octanol–water partition coefficient (Wildman–Crippen LogP) is 2.87. The van der Waals surface area contributed by atoms with Crippen molar-refractivity contribution in [2.75, 3.05) is 0 Å². The van der Waals surface area contributed by atoms with Gasteiger partial charge in [-0.2, -0.15) is 0 Å². The van der Waals surface area contributed by atoms with E-state index in [4.69, 9.17) is 11.6 Å². The summed E-state index contributed by atoms with van der Waals surface area (Å²) in [6.07, 6.45) is 6.18. The Bertz CT molecular complexity index is 800. The fourth-order valence-corrected chi connectivity index (χ4v) is 3.26. The van der Waals surface area contributed by atoms with Gasteiger partial charge in [0.15, 0.2) is 5.82 Å². The van der Waals surface area contributed by atoms with E-state index in [9.17, 15) is 9.59 Å². The van der Waals surface area contributed by atoms with Crippen LogP contribution in [0.4, 0.5) is 0 Å². The van der Waals surface area contributed by atoms with Gasteiger partial charge in [0.1, 0.15) is 5.69 Å². The zero-order valence-corrected chi connectivity index (χ0v) is 14.7. The molecule has 2 N–H and O–H groups in total. The van der Waals surface area contributed by atoms with Gasteiger partial charge >= 0.3 is 0 Å². The molecule has 1 aliphatic carbocycles. The molecule has 1 aromatic heterocycles. The summed E-state index contributed by atoms with van der Waals surface area (Å²) in [6.45, 7) is 0. The third-order valence-corrected chi connectivity index (χ3v) is 4.66. The van der Waals surface area contributed by atoms with Crippen molar-refractivity contribution in [2.45, 2.75) is 51.0 Å². The molecule has 25 heavy (non-hydrogen) atoms. The molecule has 7 heteroatoms. The average Bonchev–Trinajstić information content (AvgIpc) is 2.61. The first-order valence-corrected chi connectivity index (χ1v) is 9.01. The first kappa shape index (κ1) is 17.6. The quantitative estimate of drug-likeness (QED) is 0.858. The van der Waals surface area contributed by atoms with Crippen LogP contribution in [-0.4, -0.2) is 27.1 Å². The van der Waals surface area contributed by atoms with Crippen LogP contribution in [0.15, 0.2) is 29.1 Å². The second kappa shape index (κ2) is 8.25. The standard InChI is InChI=1S/C18H21ClN4O2/c19-13-6-4-5-12(11-13)17-21-18(25)15(22-23-17)9-10-16(24)20-14-7-2-1-3-8-14/h4-6,11,14H,1-3,7-10H2,(H,20,24)(H,21,23,25). The summed E-state index contributed by atoms with van der Waals surface area (Å²) < 4.78 is 0. The third kappa shape index (κ3) is 4.89. The topological polar surface area (TPSA) is 87.7 Å². The minimum Gasteiger partial charge on any atom is -0.353 e. The van der Waals surface area contributed by atoms with Crippen molar-refractivity contribution in [3.8, 4) is 11.4 Å². The summed E-state index contributed by atoms with van der Waals surface area (Å²) in [4.78, 5) is 26.9. The summed E-state index contributed by atoms with van der Waals surface area (Å²) in [6, 6.07) is 7.30. The van der Waals surface area contributed by atoms with Crippen molar-refractivity contribution in [1.29, 1.82) is 0 Å². The van der Waals surface area contributed by atoms with Crippen LogP contribution in [0, 0.1) is 0 Å². The zero-order valence-electron chi connectivity index (χ0n) is 13.9. The molecule has 3 rings (SSSR count). The smallest absolute Gasteiger partial charge is 0.273 e. The molecular weight excluding hydrogens is 340 g/mol. The van der Waals surface area contributed by atoms with Gasteiger partial charge in [-0.1, -0.05) is 43.0 Å². The molecule has 0 unspecified atom stereocenters. The van der Waals surface area contributed by atoms with E-state index in [1.54, 1.807) is 24.3 Å². The Labute approximate surface area is 151 Å². The Balaban J connectivity index is 1.59. The molecule has 1 aromatic carbocycles. The SMILES string of the molecule is O=C(CCc1nnc(-c2cccc(Cl)c2)[nH]c1=O)NC1CCCCC1. The largest absolute Gasteiger partial charge is 0.353 e. The van der Waals surface area contributed by atoms with Crippen LogP contribution in [0.3, 0.4) is 0 Å². The van der Waals surface area contributed by atoms with Gasteiger partial charge in [0, 0.05) is 29.5 Å². The number of hydrogen-bond donors (Lipinski definition) is 2. The van der Waals surface area contributed by atoms with E-state index in [1.807, 2.05) is 0 Å². The lowest BCUT2D eigenvalue weighted by Crippen LogP contribution is -2.36.